The summed E-state index contributed by atoms with van der Waals surface area (Å²) in [5.41, 5.74) is 4.56. The molecule has 0 spiro atoms. The fourth-order valence-electron chi connectivity index (χ4n) is 5.19. The van der Waals surface area contributed by atoms with Crippen LogP contribution in [0.5, 0.6) is 11.5 Å². The van der Waals surface area contributed by atoms with Crippen molar-refractivity contribution in [1.29, 1.82) is 0 Å². The van der Waals surface area contributed by atoms with Crippen molar-refractivity contribution in [3.63, 3.8) is 0 Å². The molecule has 1 atom stereocenters. The number of aromatic nitrogens is 3. The van der Waals surface area contributed by atoms with Gasteiger partial charge in [-0.05, 0) is 59.5 Å². The number of hydrogen-bond donors (Lipinski definition) is 4. The second-order valence-corrected chi connectivity index (χ2v) is 12.1. The third-order valence-corrected chi connectivity index (χ3v) is 8.40. The maximum absolute atomic E-state index is 12.6. The lowest BCUT2D eigenvalue weighted by molar-refractivity contribution is -0.158. The average molecular weight is 682 g/mol. The number of rotatable bonds is 13. The third kappa shape index (κ3) is 8.03. The Hall–Kier alpha value is -6.12. The van der Waals surface area contributed by atoms with Crippen LogP contribution < -0.4 is 4.74 Å². The first-order chi connectivity index (χ1) is 24.8. The average Bonchev–Trinajstić information content (AvgIpc) is 3.19. The molecular weight excluding hydrogens is 646 g/mol. The molecule has 0 bridgehead atoms. The Morgan fingerprint density at radius 3 is 1.78 bits per heavy atom. The summed E-state index contributed by atoms with van der Waals surface area (Å²) in [6, 6.07) is 41.8. The third-order valence-electron chi connectivity index (χ3n) is 8.40. The van der Waals surface area contributed by atoms with E-state index in [1.807, 2.05) is 97.1 Å². The van der Waals surface area contributed by atoms with Gasteiger partial charge < -0.3 is 29.9 Å². The number of aromatic hydroxyl groups is 1. The van der Waals surface area contributed by atoms with Gasteiger partial charge in [-0.3, -0.25) is 0 Å². The Morgan fingerprint density at radius 1 is 0.686 bits per heavy atom. The smallest absolute Gasteiger partial charge is 0.347 e. The zero-order valence-corrected chi connectivity index (χ0v) is 27.7. The van der Waals surface area contributed by atoms with Gasteiger partial charge in [0.05, 0.1) is 30.8 Å². The van der Waals surface area contributed by atoms with Crippen LogP contribution in [0.2, 0.25) is 0 Å². The molecule has 0 saturated heterocycles. The number of carbonyl (C=O) groups excluding carboxylic acids is 1. The Bertz CT molecular complexity index is 1960. The maximum atomic E-state index is 12.6. The van der Waals surface area contributed by atoms with Crippen LogP contribution in [0.3, 0.4) is 0 Å². The van der Waals surface area contributed by atoms with Crippen molar-refractivity contribution in [3.8, 4) is 67.9 Å². The van der Waals surface area contributed by atoms with Gasteiger partial charge in [-0.15, -0.1) is 0 Å². The van der Waals surface area contributed by atoms with Crippen molar-refractivity contribution >= 4 is 5.97 Å². The normalized spacial score (nSPS) is 11.8. The SMILES string of the molecule is CC(Oc1ccc(-c2nc(-c3ccc(-c4cc#ccc4)cc3)nc(-c3ccc(-c4ccccc4)cc3)n2)c(O)c1)C(=O)OCC(CO)(CO)CO. The molecular formula is C41H35N3O7. The first-order valence-electron chi connectivity index (χ1n) is 16.2. The summed E-state index contributed by atoms with van der Waals surface area (Å²) in [6.07, 6.45) is -1.10. The van der Waals surface area contributed by atoms with Gasteiger partial charge in [-0.1, -0.05) is 91.0 Å². The number of aliphatic hydroxyl groups is 3. The number of nitrogens with zero attached hydrogens (tertiary/aromatic N) is 3. The summed E-state index contributed by atoms with van der Waals surface area (Å²) in [5, 5.41) is 39.7. The number of benzene rings is 4. The van der Waals surface area contributed by atoms with Crippen molar-refractivity contribution in [2.75, 3.05) is 26.4 Å². The summed E-state index contributed by atoms with van der Waals surface area (Å²) < 4.78 is 10.9. The number of carbonyl (C=O) groups is 1. The molecule has 0 aliphatic carbocycles. The largest absolute Gasteiger partial charge is 0.507 e. The van der Waals surface area contributed by atoms with Gasteiger partial charge in [-0.2, -0.15) is 0 Å². The van der Waals surface area contributed by atoms with Crippen molar-refractivity contribution in [2.45, 2.75) is 13.0 Å². The Labute approximate surface area is 295 Å². The van der Waals surface area contributed by atoms with Gasteiger partial charge in [0, 0.05) is 17.2 Å². The molecule has 10 heteroatoms. The molecule has 5 aromatic carbocycles. The molecule has 1 heterocycles. The van der Waals surface area contributed by atoms with E-state index in [1.165, 1.54) is 13.0 Å². The number of hydrogen-bond acceptors (Lipinski definition) is 10. The fourth-order valence-corrected chi connectivity index (χ4v) is 5.19. The number of phenols is 1. The van der Waals surface area contributed by atoms with Crippen molar-refractivity contribution in [1.82, 2.24) is 15.0 Å². The molecule has 0 radical (unpaired) electrons. The van der Waals surface area contributed by atoms with E-state index in [0.29, 0.717) is 17.2 Å². The zero-order valence-electron chi connectivity index (χ0n) is 27.7. The van der Waals surface area contributed by atoms with Gasteiger partial charge in [0.15, 0.2) is 23.6 Å². The van der Waals surface area contributed by atoms with E-state index in [-0.39, 0.29) is 17.3 Å². The minimum absolute atomic E-state index is 0.177. The number of aliphatic hydroxyl groups excluding tert-OH is 3. The Morgan fingerprint density at radius 2 is 1.24 bits per heavy atom. The molecule has 256 valence electrons. The van der Waals surface area contributed by atoms with Crippen molar-refractivity contribution < 1.29 is 34.7 Å². The molecule has 51 heavy (non-hydrogen) atoms. The lowest BCUT2D eigenvalue weighted by Crippen LogP contribution is -2.41. The van der Waals surface area contributed by atoms with Crippen LogP contribution >= 0.6 is 0 Å². The molecule has 1 aromatic heterocycles. The molecule has 6 aromatic rings. The van der Waals surface area contributed by atoms with Gasteiger partial charge >= 0.3 is 5.97 Å². The lowest BCUT2D eigenvalue weighted by atomic mass is 9.93. The summed E-state index contributed by atoms with van der Waals surface area (Å²) in [4.78, 5) is 26.9. The van der Waals surface area contributed by atoms with Gasteiger partial charge in [0.25, 0.3) is 0 Å². The molecule has 0 amide bonds. The van der Waals surface area contributed by atoms with Crippen LogP contribution in [0.15, 0.2) is 115 Å². The molecule has 6 rings (SSSR count). The lowest BCUT2D eigenvalue weighted by Gasteiger charge is -2.27. The highest BCUT2D eigenvalue weighted by atomic mass is 16.6. The summed E-state index contributed by atoms with van der Waals surface area (Å²) in [6.45, 7) is -0.672. The fraction of sp³-hybridized carbons (Fsp3) is 0.171. The maximum Gasteiger partial charge on any atom is 0.347 e. The highest BCUT2D eigenvalue weighted by Crippen LogP contribution is 2.34. The molecule has 4 N–H and O–H groups in total. The van der Waals surface area contributed by atoms with Crippen LogP contribution in [-0.2, 0) is 9.53 Å². The van der Waals surface area contributed by atoms with E-state index in [4.69, 9.17) is 24.4 Å². The van der Waals surface area contributed by atoms with E-state index >= 15 is 0 Å². The van der Waals surface area contributed by atoms with Crippen LogP contribution in [0.4, 0.5) is 0 Å². The summed E-state index contributed by atoms with van der Waals surface area (Å²) >= 11 is 0. The molecule has 0 saturated carbocycles. The summed E-state index contributed by atoms with van der Waals surface area (Å²) in [7, 11) is 0. The van der Waals surface area contributed by atoms with Crippen LogP contribution in [-0.4, -0.2) is 73.9 Å². The molecule has 10 nitrogen and oxygen atoms in total. The number of ether oxygens (including phenoxy) is 2. The first kappa shape index (κ1) is 34.7. The number of phenolic OH excluding ortho intramolecular Hbond substituents is 1. The van der Waals surface area contributed by atoms with E-state index < -0.39 is 43.9 Å². The molecule has 1 unspecified atom stereocenters. The quantitative estimate of drug-likeness (QED) is 0.110. The van der Waals surface area contributed by atoms with E-state index in [2.05, 4.69) is 12.1 Å². The molecule has 0 aliphatic heterocycles. The highest BCUT2D eigenvalue weighted by molar-refractivity contribution is 5.76. The minimum Gasteiger partial charge on any atom is -0.507 e. The van der Waals surface area contributed by atoms with Crippen LogP contribution in [0.25, 0.3) is 56.4 Å². The summed E-state index contributed by atoms with van der Waals surface area (Å²) in [5.74, 6) is 0.246. The predicted molar refractivity (Wildman–Crippen MR) is 191 cm³/mol. The van der Waals surface area contributed by atoms with E-state index in [9.17, 15) is 25.2 Å². The van der Waals surface area contributed by atoms with Gasteiger partial charge in [0.2, 0.25) is 0 Å². The minimum atomic E-state index is -1.37. The zero-order chi connectivity index (χ0) is 35.8. The molecule has 0 aliphatic rings. The monoisotopic (exact) mass is 681 g/mol. The van der Waals surface area contributed by atoms with Gasteiger partial charge in [-0.25, -0.2) is 19.7 Å². The van der Waals surface area contributed by atoms with Gasteiger partial charge in [0.1, 0.15) is 18.1 Å². The second kappa shape index (κ2) is 15.6. The Balaban J connectivity index is 1.30. The van der Waals surface area contributed by atoms with Crippen LogP contribution in [0, 0.1) is 17.5 Å². The van der Waals surface area contributed by atoms with E-state index in [1.54, 1.807) is 12.1 Å². The van der Waals surface area contributed by atoms with Crippen molar-refractivity contribution in [3.05, 3.63) is 127 Å². The second-order valence-electron chi connectivity index (χ2n) is 12.1. The highest BCUT2D eigenvalue weighted by Gasteiger charge is 2.31. The topological polar surface area (TPSA) is 155 Å². The standard InChI is InChI=1S/C41H35N3O7/c1-27(40(49)50-26-41(23-45,24-46)25-47)51-34-20-21-35(36(48)22-34)39-43-37(32-16-12-30(13-17-32)28-8-4-2-5-9-28)42-38(44-39)33-18-14-31(15-19-33)29-10-6-3-7-11-29/h2,4-6,8-22,27,45-48H,23-26H2,1H3. The number of esters is 1. The first-order valence-corrected chi connectivity index (χ1v) is 16.2. The Kier molecular flexibility index (Phi) is 10.6. The predicted octanol–water partition coefficient (Wildman–Crippen LogP) is 5.79. The van der Waals surface area contributed by atoms with Crippen molar-refractivity contribution in [2.24, 2.45) is 5.41 Å². The van der Waals surface area contributed by atoms with E-state index in [0.717, 1.165) is 33.4 Å². The molecule has 0 fully saturated rings. The van der Waals surface area contributed by atoms with Crippen LogP contribution in [0.1, 0.15) is 6.92 Å².